The number of carbonyl (C=O) groups excluding carboxylic acids is 1. The van der Waals surface area contributed by atoms with Gasteiger partial charge in [0, 0.05) is 37.8 Å². The van der Waals surface area contributed by atoms with E-state index in [1.807, 2.05) is 24.3 Å². The average molecular weight is 431 g/mol. The van der Waals surface area contributed by atoms with Crippen LogP contribution in [-0.4, -0.2) is 58.0 Å². The molecule has 0 atom stereocenters. The standard InChI is InChI=1S/C22H30N4O3S/c1-4-25-13-15-26(16-14-25)21-8-6-5-7-20(21)23-22(27)18-9-11-19(12-10-18)30(28,29)24-17(2)3/h5-12,17,24H,4,13-16H2,1-3H3,(H,23,27). The Balaban J connectivity index is 1.72. The van der Waals surface area contributed by atoms with E-state index in [-0.39, 0.29) is 16.8 Å². The molecule has 0 unspecified atom stereocenters. The van der Waals surface area contributed by atoms with Gasteiger partial charge >= 0.3 is 0 Å². The predicted octanol–water partition coefficient (Wildman–Crippen LogP) is 2.77. The Bertz CT molecular complexity index is 966. The molecular weight excluding hydrogens is 400 g/mol. The summed E-state index contributed by atoms with van der Waals surface area (Å²) < 4.78 is 27.1. The maximum Gasteiger partial charge on any atom is 0.255 e. The molecule has 1 fully saturated rings. The normalized spacial score (nSPS) is 15.4. The summed E-state index contributed by atoms with van der Waals surface area (Å²) in [5.41, 5.74) is 2.16. The lowest BCUT2D eigenvalue weighted by molar-refractivity contribution is 0.102. The summed E-state index contributed by atoms with van der Waals surface area (Å²) in [4.78, 5) is 17.6. The summed E-state index contributed by atoms with van der Waals surface area (Å²) in [6.07, 6.45) is 0. The summed E-state index contributed by atoms with van der Waals surface area (Å²) in [5, 5.41) is 2.98. The maximum absolute atomic E-state index is 12.8. The van der Waals surface area contributed by atoms with Gasteiger partial charge in [-0.3, -0.25) is 4.79 Å². The fraction of sp³-hybridized carbons (Fsp3) is 0.409. The minimum atomic E-state index is -3.58. The number of piperazine rings is 1. The lowest BCUT2D eigenvalue weighted by Gasteiger charge is -2.36. The lowest BCUT2D eigenvalue weighted by atomic mass is 10.1. The van der Waals surface area contributed by atoms with Crippen molar-refractivity contribution in [2.45, 2.75) is 31.7 Å². The summed E-state index contributed by atoms with van der Waals surface area (Å²) >= 11 is 0. The minimum absolute atomic E-state index is 0.141. The van der Waals surface area contributed by atoms with E-state index in [2.05, 4.69) is 26.8 Å². The van der Waals surface area contributed by atoms with Gasteiger partial charge in [-0.2, -0.15) is 0 Å². The zero-order valence-electron chi connectivity index (χ0n) is 17.8. The minimum Gasteiger partial charge on any atom is -0.367 e. The van der Waals surface area contributed by atoms with Crippen molar-refractivity contribution in [3.8, 4) is 0 Å². The number of hydrogen-bond acceptors (Lipinski definition) is 5. The highest BCUT2D eigenvalue weighted by Gasteiger charge is 2.20. The molecule has 30 heavy (non-hydrogen) atoms. The maximum atomic E-state index is 12.8. The second kappa shape index (κ2) is 9.59. The van der Waals surface area contributed by atoms with Crippen molar-refractivity contribution in [1.29, 1.82) is 0 Å². The molecule has 1 heterocycles. The van der Waals surface area contributed by atoms with Crippen LogP contribution in [0.2, 0.25) is 0 Å². The number of carbonyl (C=O) groups is 1. The SMILES string of the molecule is CCN1CCN(c2ccccc2NC(=O)c2ccc(S(=O)(=O)NC(C)C)cc2)CC1. The van der Waals surface area contributed by atoms with Crippen LogP contribution in [0.15, 0.2) is 53.4 Å². The predicted molar refractivity (Wildman–Crippen MR) is 121 cm³/mol. The molecule has 2 aromatic carbocycles. The molecule has 7 nitrogen and oxygen atoms in total. The molecule has 1 amide bonds. The fourth-order valence-electron chi connectivity index (χ4n) is 3.52. The van der Waals surface area contributed by atoms with Crippen molar-refractivity contribution in [2.24, 2.45) is 0 Å². The van der Waals surface area contributed by atoms with Crippen LogP contribution in [0.5, 0.6) is 0 Å². The molecule has 0 saturated carbocycles. The molecule has 1 saturated heterocycles. The van der Waals surface area contributed by atoms with Gasteiger partial charge in [-0.25, -0.2) is 13.1 Å². The number of hydrogen-bond donors (Lipinski definition) is 2. The third kappa shape index (κ3) is 5.38. The van der Waals surface area contributed by atoms with Crippen LogP contribution in [0.3, 0.4) is 0 Å². The zero-order chi connectivity index (χ0) is 21.7. The molecule has 0 aromatic heterocycles. The fourth-order valence-corrected chi connectivity index (χ4v) is 4.77. The smallest absolute Gasteiger partial charge is 0.255 e. The first-order valence-corrected chi connectivity index (χ1v) is 11.8. The number of nitrogens with zero attached hydrogens (tertiary/aromatic N) is 2. The van der Waals surface area contributed by atoms with Crippen LogP contribution in [0.1, 0.15) is 31.1 Å². The Kier molecular flexibility index (Phi) is 7.12. The largest absolute Gasteiger partial charge is 0.367 e. The van der Waals surface area contributed by atoms with Gasteiger partial charge < -0.3 is 15.1 Å². The third-order valence-electron chi connectivity index (χ3n) is 5.13. The lowest BCUT2D eigenvalue weighted by Crippen LogP contribution is -2.46. The van der Waals surface area contributed by atoms with Gasteiger partial charge in [0.2, 0.25) is 10.0 Å². The van der Waals surface area contributed by atoms with E-state index in [0.717, 1.165) is 44.1 Å². The van der Waals surface area contributed by atoms with E-state index in [0.29, 0.717) is 5.56 Å². The van der Waals surface area contributed by atoms with Crippen LogP contribution in [0.25, 0.3) is 0 Å². The van der Waals surface area contributed by atoms with Crippen LogP contribution in [-0.2, 0) is 10.0 Å². The molecule has 0 spiro atoms. The van der Waals surface area contributed by atoms with Crippen molar-refractivity contribution < 1.29 is 13.2 Å². The van der Waals surface area contributed by atoms with Crippen molar-refractivity contribution in [1.82, 2.24) is 9.62 Å². The average Bonchev–Trinajstić information content (AvgIpc) is 2.73. The van der Waals surface area contributed by atoms with Crippen LogP contribution in [0, 0.1) is 0 Å². The summed E-state index contributed by atoms with van der Waals surface area (Å²) in [5.74, 6) is -0.268. The number of anilines is 2. The van der Waals surface area contributed by atoms with Gasteiger partial charge in [-0.05, 0) is 56.8 Å². The quantitative estimate of drug-likeness (QED) is 0.706. The first-order valence-electron chi connectivity index (χ1n) is 10.3. The highest BCUT2D eigenvalue weighted by atomic mass is 32.2. The number of nitrogens with one attached hydrogen (secondary N) is 2. The van der Waals surface area contributed by atoms with E-state index < -0.39 is 10.0 Å². The molecule has 0 bridgehead atoms. The highest BCUT2D eigenvalue weighted by Crippen LogP contribution is 2.27. The van der Waals surface area contributed by atoms with Crippen LogP contribution < -0.4 is 14.9 Å². The molecule has 1 aliphatic rings. The van der Waals surface area contributed by atoms with E-state index in [1.54, 1.807) is 13.8 Å². The van der Waals surface area contributed by atoms with Crippen LogP contribution in [0.4, 0.5) is 11.4 Å². The Morgan fingerprint density at radius 1 is 1.00 bits per heavy atom. The second-order valence-corrected chi connectivity index (χ2v) is 9.41. The van der Waals surface area contributed by atoms with E-state index >= 15 is 0 Å². The van der Waals surface area contributed by atoms with Crippen molar-refractivity contribution in [3.05, 3.63) is 54.1 Å². The van der Waals surface area contributed by atoms with Gasteiger partial charge in [0.05, 0.1) is 16.3 Å². The number of likely N-dealkylation sites (N-methyl/N-ethyl adjacent to an activating group) is 1. The van der Waals surface area contributed by atoms with E-state index in [9.17, 15) is 13.2 Å². The van der Waals surface area contributed by atoms with Crippen molar-refractivity contribution >= 4 is 27.3 Å². The Morgan fingerprint density at radius 2 is 1.63 bits per heavy atom. The highest BCUT2D eigenvalue weighted by molar-refractivity contribution is 7.89. The third-order valence-corrected chi connectivity index (χ3v) is 6.80. The zero-order valence-corrected chi connectivity index (χ0v) is 18.6. The van der Waals surface area contributed by atoms with Crippen molar-refractivity contribution in [2.75, 3.05) is 42.9 Å². The Labute approximate surface area is 179 Å². The molecule has 2 aromatic rings. The molecule has 2 N–H and O–H groups in total. The first-order chi connectivity index (χ1) is 14.3. The van der Waals surface area contributed by atoms with Gasteiger partial charge in [-0.15, -0.1) is 0 Å². The number of benzene rings is 2. The van der Waals surface area contributed by atoms with Gasteiger partial charge in [0.15, 0.2) is 0 Å². The van der Waals surface area contributed by atoms with Crippen molar-refractivity contribution in [3.63, 3.8) is 0 Å². The Hall–Kier alpha value is -2.42. The molecule has 1 aliphatic heterocycles. The molecule has 0 aliphatic carbocycles. The summed E-state index contributed by atoms with van der Waals surface area (Å²) in [6, 6.07) is 13.6. The summed E-state index contributed by atoms with van der Waals surface area (Å²) in [6.45, 7) is 10.6. The van der Waals surface area contributed by atoms with Gasteiger partial charge in [0.1, 0.15) is 0 Å². The monoisotopic (exact) mass is 430 g/mol. The number of sulfonamides is 1. The van der Waals surface area contributed by atoms with E-state index in [4.69, 9.17) is 0 Å². The Morgan fingerprint density at radius 3 is 2.23 bits per heavy atom. The first kappa shape index (κ1) is 22.3. The molecule has 0 radical (unpaired) electrons. The number of amides is 1. The second-order valence-electron chi connectivity index (χ2n) is 7.69. The van der Waals surface area contributed by atoms with Gasteiger partial charge in [-0.1, -0.05) is 19.1 Å². The molecule has 8 heteroatoms. The molecule has 162 valence electrons. The topological polar surface area (TPSA) is 81.8 Å². The van der Waals surface area contributed by atoms with E-state index in [1.165, 1.54) is 24.3 Å². The number of para-hydroxylation sites is 2. The molecule has 3 rings (SSSR count). The number of rotatable bonds is 7. The van der Waals surface area contributed by atoms with Gasteiger partial charge in [0.25, 0.3) is 5.91 Å². The molecular formula is C22H30N4O3S. The van der Waals surface area contributed by atoms with Crippen LogP contribution >= 0.6 is 0 Å². The summed E-state index contributed by atoms with van der Waals surface area (Å²) in [7, 11) is -3.58.